The lowest BCUT2D eigenvalue weighted by atomic mass is 9.79. The Kier molecular flexibility index (Phi) is 13.3. The van der Waals surface area contributed by atoms with Crippen molar-refractivity contribution in [3.05, 3.63) is 29.2 Å². The van der Waals surface area contributed by atoms with Crippen LogP contribution in [0.4, 0.5) is 4.79 Å². The van der Waals surface area contributed by atoms with Gasteiger partial charge in [-0.15, -0.1) is 17.9 Å². The van der Waals surface area contributed by atoms with Crippen molar-refractivity contribution in [3.8, 4) is 0 Å². The maximum Gasteiger partial charge on any atom is 0.315 e. The van der Waals surface area contributed by atoms with Crippen molar-refractivity contribution in [1.82, 2.24) is 31.2 Å². The Labute approximate surface area is 278 Å². The van der Waals surface area contributed by atoms with Gasteiger partial charge < -0.3 is 26.2 Å². The molecule has 11 nitrogen and oxygen atoms in total. The van der Waals surface area contributed by atoms with E-state index in [1.165, 1.54) is 6.08 Å². The third-order valence-corrected chi connectivity index (χ3v) is 10.0. The molecule has 5 amide bonds. The van der Waals surface area contributed by atoms with E-state index in [9.17, 15) is 24.0 Å². The van der Waals surface area contributed by atoms with Gasteiger partial charge in [0.1, 0.15) is 12.1 Å². The van der Waals surface area contributed by atoms with Gasteiger partial charge >= 0.3 is 6.03 Å². The number of ketones is 1. The van der Waals surface area contributed by atoms with E-state index < -0.39 is 52.7 Å². The van der Waals surface area contributed by atoms with Crippen molar-refractivity contribution in [2.24, 2.45) is 17.3 Å². The second-order valence-electron chi connectivity index (χ2n) is 14.2. The highest BCUT2D eigenvalue weighted by atomic mass is 32.1. The minimum absolute atomic E-state index is 0.0751. The van der Waals surface area contributed by atoms with Crippen LogP contribution in [-0.4, -0.2) is 76.2 Å². The smallest absolute Gasteiger partial charge is 0.315 e. The van der Waals surface area contributed by atoms with E-state index in [2.05, 4.69) is 32.8 Å². The summed E-state index contributed by atoms with van der Waals surface area (Å²) in [4.78, 5) is 73.4. The third-order valence-electron chi connectivity index (χ3n) is 9.24. The molecule has 46 heavy (non-hydrogen) atoms. The summed E-state index contributed by atoms with van der Waals surface area (Å²) in [5.41, 5.74) is -1.10. The molecule has 1 saturated heterocycles. The first-order valence-electron chi connectivity index (χ1n) is 16.7. The molecule has 1 aliphatic carbocycles. The van der Waals surface area contributed by atoms with Crippen molar-refractivity contribution in [2.75, 3.05) is 13.1 Å². The number of hydrogen-bond acceptors (Lipinski definition) is 7. The van der Waals surface area contributed by atoms with E-state index >= 15 is 0 Å². The summed E-state index contributed by atoms with van der Waals surface area (Å²) in [6, 6.07) is -3.18. The zero-order valence-corrected chi connectivity index (χ0v) is 29.3. The summed E-state index contributed by atoms with van der Waals surface area (Å²) >= 11 is 1.57. The van der Waals surface area contributed by atoms with E-state index in [1.807, 2.05) is 46.9 Å². The van der Waals surface area contributed by atoms with Crippen LogP contribution >= 0.6 is 11.3 Å². The van der Waals surface area contributed by atoms with Gasteiger partial charge in [-0.3, -0.25) is 19.2 Å². The number of nitrogens with zero attached hydrogens (tertiary/aromatic N) is 2. The SMILES string of the molecule is C=CCNC(=O)C(=O)C(CCC)NC(=O)[C@@H]1[C@@H](C(C)C)CCN1C(=O)[C@@H](NC(=O)NC1(Cc2nccs2)CCCCC1)C(C)(C)C. The fraction of sp³-hybridized carbons (Fsp3) is 0.706. The molecule has 4 N–H and O–H groups in total. The Morgan fingerprint density at radius 3 is 2.39 bits per heavy atom. The first-order valence-corrected chi connectivity index (χ1v) is 17.6. The van der Waals surface area contributed by atoms with Crippen molar-refractivity contribution < 1.29 is 24.0 Å². The summed E-state index contributed by atoms with van der Waals surface area (Å²) in [6.45, 7) is 15.6. The molecule has 1 aromatic rings. The normalized spacial score (nSPS) is 20.8. The van der Waals surface area contributed by atoms with Crippen molar-refractivity contribution in [1.29, 1.82) is 0 Å². The van der Waals surface area contributed by atoms with Crippen LogP contribution in [-0.2, 0) is 25.6 Å². The van der Waals surface area contributed by atoms with Gasteiger partial charge in [-0.2, -0.15) is 0 Å². The van der Waals surface area contributed by atoms with Gasteiger partial charge in [-0.1, -0.05) is 73.3 Å². The van der Waals surface area contributed by atoms with Gasteiger partial charge in [-0.25, -0.2) is 9.78 Å². The average Bonchev–Trinajstić information content (AvgIpc) is 3.68. The van der Waals surface area contributed by atoms with Crippen molar-refractivity contribution in [2.45, 2.75) is 123 Å². The Bertz CT molecular complexity index is 1220. The minimum Gasteiger partial charge on any atom is -0.346 e. The molecule has 0 aromatic carbocycles. The fourth-order valence-corrected chi connectivity index (χ4v) is 7.51. The number of urea groups is 1. The molecule has 2 aliphatic rings. The molecule has 1 saturated carbocycles. The zero-order chi connectivity index (χ0) is 34.1. The highest BCUT2D eigenvalue weighted by molar-refractivity contribution is 7.09. The molecule has 4 atom stereocenters. The number of likely N-dealkylation sites (tertiary alicyclic amines) is 1. The van der Waals surface area contributed by atoms with E-state index in [4.69, 9.17) is 0 Å². The highest BCUT2D eigenvalue weighted by Gasteiger charge is 2.48. The van der Waals surface area contributed by atoms with Crippen molar-refractivity contribution in [3.63, 3.8) is 0 Å². The summed E-state index contributed by atoms with van der Waals surface area (Å²) in [7, 11) is 0. The molecule has 2 fully saturated rings. The monoisotopic (exact) mass is 658 g/mol. The number of thiazole rings is 1. The van der Waals surface area contributed by atoms with Crippen LogP contribution in [0.5, 0.6) is 0 Å². The van der Waals surface area contributed by atoms with Gasteiger partial charge in [0.05, 0.1) is 11.0 Å². The van der Waals surface area contributed by atoms with Crippen LogP contribution in [0, 0.1) is 17.3 Å². The first-order chi connectivity index (χ1) is 21.7. The maximum absolute atomic E-state index is 14.4. The molecule has 1 unspecified atom stereocenters. The van der Waals surface area contributed by atoms with E-state index in [0.717, 1.165) is 37.1 Å². The van der Waals surface area contributed by atoms with Crippen LogP contribution in [0.2, 0.25) is 0 Å². The molecule has 0 spiro atoms. The Hall–Kier alpha value is -3.28. The molecular formula is C34H54N6O5S. The highest BCUT2D eigenvalue weighted by Crippen LogP contribution is 2.35. The van der Waals surface area contributed by atoms with E-state index in [-0.39, 0.29) is 30.7 Å². The Morgan fingerprint density at radius 2 is 1.83 bits per heavy atom. The number of rotatable bonds is 14. The molecule has 0 bridgehead atoms. The maximum atomic E-state index is 14.4. The largest absolute Gasteiger partial charge is 0.346 e. The van der Waals surface area contributed by atoms with Crippen LogP contribution in [0.1, 0.15) is 97.9 Å². The fourth-order valence-electron chi connectivity index (χ4n) is 6.75. The number of amides is 5. The van der Waals surface area contributed by atoms with Gasteiger partial charge in [0.2, 0.25) is 17.6 Å². The van der Waals surface area contributed by atoms with Gasteiger partial charge in [0.25, 0.3) is 5.91 Å². The van der Waals surface area contributed by atoms with Crippen LogP contribution in [0.15, 0.2) is 24.2 Å². The third kappa shape index (κ3) is 9.62. The number of Topliss-reactive ketones (excluding diaryl/α,β-unsaturated/α-hetero) is 1. The van der Waals surface area contributed by atoms with Gasteiger partial charge in [-0.05, 0) is 42.9 Å². The molecular weight excluding hydrogens is 604 g/mol. The first kappa shape index (κ1) is 37.2. The lowest BCUT2D eigenvalue weighted by Gasteiger charge is -2.40. The van der Waals surface area contributed by atoms with Crippen LogP contribution in [0.3, 0.4) is 0 Å². The molecule has 3 rings (SSSR count). The van der Waals surface area contributed by atoms with Gasteiger partial charge in [0, 0.05) is 36.6 Å². The standard InChI is InChI=1S/C34H54N6O5S/c1-8-13-24(27(41)30(43)36-17-9-2)37-29(42)26-23(22(3)4)14-19-40(26)31(44)28(33(5,6)7)38-32(45)39-34(15-11-10-12-16-34)21-25-35-18-20-46-25/h9,18,20,22-24,26,28H,2,8,10-17,19,21H2,1,3-7H3,(H,36,43)(H,37,42)(H2,38,39,45)/t23-,24?,26+,28-/m1/s1. The lowest BCUT2D eigenvalue weighted by Crippen LogP contribution is -2.63. The second-order valence-corrected chi connectivity index (χ2v) is 15.2. The average molecular weight is 659 g/mol. The number of nitrogens with one attached hydrogen (secondary N) is 4. The van der Waals surface area contributed by atoms with Crippen molar-refractivity contribution >= 4 is 40.9 Å². The quantitative estimate of drug-likeness (QED) is 0.175. The number of hydrogen-bond donors (Lipinski definition) is 4. The van der Waals surface area contributed by atoms with E-state index in [1.54, 1.807) is 22.4 Å². The van der Waals surface area contributed by atoms with Gasteiger partial charge in [0.15, 0.2) is 0 Å². The topological polar surface area (TPSA) is 150 Å². The number of carbonyl (C=O) groups is 5. The Balaban J connectivity index is 1.82. The summed E-state index contributed by atoms with van der Waals surface area (Å²) in [5.74, 6) is -2.40. The summed E-state index contributed by atoms with van der Waals surface area (Å²) in [6.07, 6.45) is 10.1. The zero-order valence-electron chi connectivity index (χ0n) is 28.4. The molecule has 1 aliphatic heterocycles. The molecule has 0 radical (unpaired) electrons. The molecule has 2 heterocycles. The van der Waals surface area contributed by atoms with Crippen LogP contribution in [0.25, 0.3) is 0 Å². The van der Waals surface area contributed by atoms with Crippen LogP contribution < -0.4 is 21.3 Å². The number of carbonyl (C=O) groups excluding carboxylic acids is 5. The lowest BCUT2D eigenvalue weighted by molar-refractivity contribution is -0.144. The molecule has 12 heteroatoms. The minimum atomic E-state index is -1.01. The summed E-state index contributed by atoms with van der Waals surface area (Å²) < 4.78 is 0. The Morgan fingerprint density at radius 1 is 1.13 bits per heavy atom. The predicted molar refractivity (Wildman–Crippen MR) is 180 cm³/mol. The van der Waals surface area contributed by atoms with E-state index in [0.29, 0.717) is 25.8 Å². The number of aromatic nitrogens is 1. The summed E-state index contributed by atoms with van der Waals surface area (Å²) in [5, 5.41) is 14.4. The molecule has 1 aromatic heterocycles. The molecule has 256 valence electrons. The predicted octanol–water partition coefficient (Wildman–Crippen LogP) is 4.13. The second kappa shape index (κ2) is 16.5.